The lowest BCUT2D eigenvalue weighted by Crippen LogP contribution is -2.31. The van der Waals surface area contributed by atoms with Crippen molar-refractivity contribution in [2.45, 2.75) is 6.42 Å². The molecule has 3 aromatic rings. The average molecular weight is 340 g/mol. The van der Waals surface area contributed by atoms with Crippen LogP contribution in [0.25, 0.3) is 22.8 Å². The van der Waals surface area contributed by atoms with Crippen molar-refractivity contribution in [2.75, 3.05) is 12.3 Å². The van der Waals surface area contributed by atoms with E-state index in [1.807, 2.05) is 12.1 Å². The van der Waals surface area contributed by atoms with E-state index in [1.165, 1.54) is 0 Å². The number of aromatic nitrogens is 3. The van der Waals surface area contributed by atoms with E-state index >= 15 is 0 Å². The van der Waals surface area contributed by atoms with Gasteiger partial charge in [0, 0.05) is 30.4 Å². The van der Waals surface area contributed by atoms with E-state index in [0.717, 1.165) is 29.1 Å². The standard InChI is InChI=1S/C17H14ClN5O/c18-11-2-1-9(7-12(11)19)16-20-5-4-14(23-16)15-8-10-13(22-15)3-6-21-17(10)24/h1-2,4-5,7-8,22H,3,6,19H2,(H,21,24). The molecule has 1 aromatic carbocycles. The van der Waals surface area contributed by atoms with Crippen LogP contribution in [0.2, 0.25) is 5.02 Å². The smallest absolute Gasteiger partial charge is 0.253 e. The Morgan fingerprint density at radius 3 is 2.88 bits per heavy atom. The van der Waals surface area contributed by atoms with E-state index in [0.29, 0.717) is 28.6 Å². The number of halogens is 1. The number of nitrogens with one attached hydrogen (secondary N) is 2. The molecule has 0 spiro atoms. The minimum atomic E-state index is -0.0569. The van der Waals surface area contributed by atoms with Gasteiger partial charge in [0.25, 0.3) is 5.91 Å². The van der Waals surface area contributed by atoms with Crippen LogP contribution in [0.4, 0.5) is 5.69 Å². The number of fused-ring (bicyclic) bond motifs is 1. The third kappa shape index (κ3) is 2.51. The van der Waals surface area contributed by atoms with Gasteiger partial charge in [0.15, 0.2) is 5.82 Å². The maximum absolute atomic E-state index is 11.9. The lowest BCUT2D eigenvalue weighted by atomic mass is 10.1. The number of carbonyl (C=O) groups is 1. The van der Waals surface area contributed by atoms with E-state index in [4.69, 9.17) is 17.3 Å². The third-order valence-electron chi connectivity index (χ3n) is 3.99. The summed E-state index contributed by atoms with van der Waals surface area (Å²) in [4.78, 5) is 24.1. The lowest BCUT2D eigenvalue weighted by Gasteiger charge is -2.10. The van der Waals surface area contributed by atoms with E-state index in [1.54, 1.807) is 24.4 Å². The Morgan fingerprint density at radius 1 is 1.21 bits per heavy atom. The molecule has 6 nitrogen and oxygen atoms in total. The van der Waals surface area contributed by atoms with Crippen LogP contribution in [0.15, 0.2) is 36.5 Å². The fourth-order valence-corrected chi connectivity index (χ4v) is 2.88. The van der Waals surface area contributed by atoms with Gasteiger partial charge in [-0.05, 0) is 30.3 Å². The highest BCUT2D eigenvalue weighted by Crippen LogP contribution is 2.27. The van der Waals surface area contributed by atoms with Gasteiger partial charge in [-0.2, -0.15) is 0 Å². The molecule has 7 heteroatoms. The van der Waals surface area contributed by atoms with Crippen LogP contribution in [0, 0.1) is 0 Å². The number of anilines is 1. The Labute approximate surface area is 143 Å². The first kappa shape index (κ1) is 14.7. The molecule has 1 aliphatic heterocycles. The van der Waals surface area contributed by atoms with Crippen LogP contribution in [-0.4, -0.2) is 27.4 Å². The number of nitrogen functional groups attached to an aromatic ring is 1. The average Bonchev–Trinajstić information content (AvgIpc) is 3.03. The number of benzene rings is 1. The largest absolute Gasteiger partial charge is 0.398 e. The molecule has 0 fully saturated rings. The molecule has 0 saturated carbocycles. The Bertz CT molecular complexity index is 950. The van der Waals surface area contributed by atoms with Crippen molar-refractivity contribution in [1.29, 1.82) is 0 Å². The highest BCUT2D eigenvalue weighted by atomic mass is 35.5. The summed E-state index contributed by atoms with van der Waals surface area (Å²) in [6.07, 6.45) is 2.47. The number of rotatable bonds is 2. The molecule has 4 N–H and O–H groups in total. The summed E-state index contributed by atoms with van der Waals surface area (Å²) in [6.45, 7) is 0.644. The van der Waals surface area contributed by atoms with Crippen LogP contribution < -0.4 is 11.1 Å². The minimum absolute atomic E-state index is 0.0569. The number of aromatic amines is 1. The fourth-order valence-electron chi connectivity index (χ4n) is 2.76. The molecule has 24 heavy (non-hydrogen) atoms. The molecule has 1 amide bonds. The van der Waals surface area contributed by atoms with E-state index in [9.17, 15) is 4.79 Å². The third-order valence-corrected chi connectivity index (χ3v) is 4.33. The fraction of sp³-hybridized carbons (Fsp3) is 0.118. The Balaban J connectivity index is 1.75. The first-order chi connectivity index (χ1) is 11.6. The number of amides is 1. The minimum Gasteiger partial charge on any atom is -0.398 e. The zero-order valence-corrected chi connectivity index (χ0v) is 13.4. The molecular formula is C17H14ClN5O. The van der Waals surface area contributed by atoms with E-state index in [-0.39, 0.29) is 5.91 Å². The van der Waals surface area contributed by atoms with Crippen LogP contribution in [0.3, 0.4) is 0 Å². The van der Waals surface area contributed by atoms with Crippen LogP contribution in [0.5, 0.6) is 0 Å². The Morgan fingerprint density at radius 2 is 2.08 bits per heavy atom. The molecule has 0 unspecified atom stereocenters. The second kappa shape index (κ2) is 5.65. The molecule has 0 saturated heterocycles. The molecule has 1 aliphatic rings. The molecule has 0 bridgehead atoms. The second-order valence-corrected chi connectivity index (χ2v) is 5.99. The number of carbonyl (C=O) groups excluding carboxylic acids is 1. The van der Waals surface area contributed by atoms with Gasteiger partial charge in [0.2, 0.25) is 0 Å². The van der Waals surface area contributed by atoms with Gasteiger partial charge in [-0.1, -0.05) is 11.6 Å². The molecule has 3 heterocycles. The summed E-state index contributed by atoms with van der Waals surface area (Å²) >= 11 is 5.96. The van der Waals surface area contributed by atoms with Gasteiger partial charge in [0.1, 0.15) is 0 Å². The van der Waals surface area contributed by atoms with Crippen LogP contribution in [0.1, 0.15) is 16.1 Å². The summed E-state index contributed by atoms with van der Waals surface area (Å²) in [5.74, 6) is 0.492. The van der Waals surface area contributed by atoms with Gasteiger partial charge in [0.05, 0.1) is 27.7 Å². The monoisotopic (exact) mass is 339 g/mol. The zero-order chi connectivity index (χ0) is 16.7. The normalized spacial score (nSPS) is 13.5. The first-order valence-electron chi connectivity index (χ1n) is 7.51. The van der Waals surface area contributed by atoms with Crippen molar-refractivity contribution in [1.82, 2.24) is 20.3 Å². The van der Waals surface area contributed by atoms with Gasteiger partial charge in [-0.15, -0.1) is 0 Å². The SMILES string of the molecule is Nc1cc(-c2nccc(-c3cc4c([nH]3)CCNC4=O)n2)ccc1Cl. The Kier molecular flexibility index (Phi) is 3.46. The molecular weight excluding hydrogens is 326 g/mol. The second-order valence-electron chi connectivity index (χ2n) is 5.58. The van der Waals surface area contributed by atoms with Crippen molar-refractivity contribution in [3.05, 3.63) is 52.8 Å². The Hall–Kier alpha value is -2.86. The summed E-state index contributed by atoms with van der Waals surface area (Å²) in [7, 11) is 0. The predicted molar refractivity (Wildman–Crippen MR) is 92.7 cm³/mol. The van der Waals surface area contributed by atoms with Crippen LogP contribution in [-0.2, 0) is 6.42 Å². The molecule has 120 valence electrons. The van der Waals surface area contributed by atoms with E-state index < -0.39 is 0 Å². The summed E-state index contributed by atoms with van der Waals surface area (Å²) in [6, 6.07) is 8.92. The van der Waals surface area contributed by atoms with Crippen LogP contribution >= 0.6 is 11.6 Å². The summed E-state index contributed by atoms with van der Waals surface area (Å²) in [5, 5.41) is 3.33. The number of hydrogen-bond acceptors (Lipinski definition) is 4. The zero-order valence-electron chi connectivity index (χ0n) is 12.6. The van der Waals surface area contributed by atoms with Crippen molar-refractivity contribution < 1.29 is 4.79 Å². The molecule has 2 aromatic heterocycles. The van der Waals surface area contributed by atoms with Gasteiger partial charge >= 0.3 is 0 Å². The topological polar surface area (TPSA) is 96.7 Å². The van der Waals surface area contributed by atoms with Crippen molar-refractivity contribution >= 4 is 23.2 Å². The lowest BCUT2D eigenvalue weighted by molar-refractivity contribution is 0.0946. The predicted octanol–water partition coefficient (Wildman–Crippen LogP) is 2.66. The van der Waals surface area contributed by atoms with Gasteiger partial charge < -0.3 is 16.0 Å². The van der Waals surface area contributed by atoms with E-state index in [2.05, 4.69) is 20.3 Å². The maximum Gasteiger partial charge on any atom is 0.253 e. The number of H-pyrrole nitrogens is 1. The summed E-state index contributed by atoms with van der Waals surface area (Å²) < 4.78 is 0. The molecule has 0 atom stereocenters. The van der Waals surface area contributed by atoms with Crippen molar-refractivity contribution in [3.63, 3.8) is 0 Å². The number of nitrogens with two attached hydrogens (primary N) is 1. The highest BCUT2D eigenvalue weighted by Gasteiger charge is 2.20. The quantitative estimate of drug-likeness (QED) is 0.625. The van der Waals surface area contributed by atoms with Gasteiger partial charge in [-0.25, -0.2) is 9.97 Å². The summed E-state index contributed by atoms with van der Waals surface area (Å²) in [5.41, 5.74) is 10.2. The molecule has 4 rings (SSSR count). The molecule has 0 radical (unpaired) electrons. The highest BCUT2D eigenvalue weighted by molar-refractivity contribution is 6.33. The van der Waals surface area contributed by atoms with Gasteiger partial charge in [-0.3, -0.25) is 4.79 Å². The van der Waals surface area contributed by atoms with Crippen molar-refractivity contribution in [3.8, 4) is 22.8 Å². The molecule has 0 aliphatic carbocycles. The van der Waals surface area contributed by atoms with Crippen molar-refractivity contribution in [2.24, 2.45) is 0 Å². The number of nitrogens with zero attached hydrogens (tertiary/aromatic N) is 2. The maximum atomic E-state index is 11.9. The first-order valence-corrected chi connectivity index (χ1v) is 7.88. The number of hydrogen-bond donors (Lipinski definition) is 3.